The van der Waals surface area contributed by atoms with Gasteiger partial charge in [-0.3, -0.25) is 0 Å². The molecule has 156 valence electrons. The zero-order valence-electron chi connectivity index (χ0n) is 17.0. The minimum absolute atomic E-state index is 0.206. The van der Waals surface area contributed by atoms with E-state index in [-0.39, 0.29) is 12.4 Å². The van der Waals surface area contributed by atoms with Crippen LogP contribution in [0.2, 0.25) is 0 Å². The van der Waals surface area contributed by atoms with E-state index in [9.17, 15) is 13.6 Å². The van der Waals surface area contributed by atoms with Crippen LogP contribution in [0.15, 0.2) is 36.4 Å². The van der Waals surface area contributed by atoms with Crippen LogP contribution >= 0.6 is 0 Å². The van der Waals surface area contributed by atoms with Crippen LogP contribution in [0.1, 0.15) is 74.2 Å². The molecule has 0 amide bonds. The number of esters is 1. The lowest BCUT2D eigenvalue weighted by molar-refractivity contribution is 0.0726. The summed E-state index contributed by atoms with van der Waals surface area (Å²) < 4.78 is 38.1. The van der Waals surface area contributed by atoms with E-state index in [1.807, 2.05) is 12.1 Å². The van der Waals surface area contributed by atoms with E-state index in [0.717, 1.165) is 5.92 Å². The molecule has 0 saturated heterocycles. The van der Waals surface area contributed by atoms with Gasteiger partial charge in [0.2, 0.25) is 11.6 Å². The molecule has 3 nitrogen and oxygen atoms in total. The Balaban J connectivity index is 1.63. The van der Waals surface area contributed by atoms with Crippen molar-refractivity contribution < 1.29 is 23.0 Å². The first-order valence-electron chi connectivity index (χ1n) is 10.5. The molecule has 1 aliphatic carbocycles. The lowest BCUT2D eigenvalue weighted by Crippen LogP contribution is -2.14. The summed E-state index contributed by atoms with van der Waals surface area (Å²) in [4.78, 5) is 12.3. The maximum Gasteiger partial charge on any atom is 0.343 e. The lowest BCUT2D eigenvalue weighted by atomic mass is 9.77. The molecule has 0 atom stereocenters. The summed E-state index contributed by atoms with van der Waals surface area (Å²) in [6.07, 6.45) is 7.40. The molecule has 1 aliphatic rings. The summed E-state index contributed by atoms with van der Waals surface area (Å²) in [7, 11) is 0. The Morgan fingerprint density at radius 1 is 0.931 bits per heavy atom. The van der Waals surface area contributed by atoms with Gasteiger partial charge < -0.3 is 9.47 Å². The summed E-state index contributed by atoms with van der Waals surface area (Å²) in [5, 5.41) is 0. The average molecular weight is 402 g/mol. The zero-order valence-corrected chi connectivity index (χ0v) is 17.0. The highest BCUT2D eigenvalue weighted by molar-refractivity contribution is 5.91. The van der Waals surface area contributed by atoms with Gasteiger partial charge in [-0.25, -0.2) is 4.79 Å². The molecular weight excluding hydrogens is 374 g/mol. The fourth-order valence-corrected chi connectivity index (χ4v) is 4.10. The predicted octanol–water partition coefficient (Wildman–Crippen LogP) is 6.66. The van der Waals surface area contributed by atoms with Gasteiger partial charge in [0.1, 0.15) is 0 Å². The second kappa shape index (κ2) is 9.86. The number of hydrogen-bond donors (Lipinski definition) is 0. The Morgan fingerprint density at radius 2 is 1.55 bits per heavy atom. The third-order valence-electron chi connectivity index (χ3n) is 5.68. The van der Waals surface area contributed by atoms with Crippen LogP contribution in [0.3, 0.4) is 0 Å². The first-order chi connectivity index (χ1) is 14.0. The molecule has 29 heavy (non-hydrogen) atoms. The van der Waals surface area contributed by atoms with Crippen LogP contribution in [0, 0.1) is 17.6 Å². The van der Waals surface area contributed by atoms with Crippen molar-refractivity contribution in [1.82, 2.24) is 0 Å². The molecular formula is C24H28F2O3. The molecule has 0 N–H and O–H groups in total. The van der Waals surface area contributed by atoms with Crippen molar-refractivity contribution in [3.8, 4) is 11.5 Å². The zero-order chi connectivity index (χ0) is 20.8. The topological polar surface area (TPSA) is 35.5 Å². The van der Waals surface area contributed by atoms with Crippen molar-refractivity contribution in [3.63, 3.8) is 0 Å². The van der Waals surface area contributed by atoms with Gasteiger partial charge >= 0.3 is 5.97 Å². The molecule has 1 saturated carbocycles. The molecule has 0 aromatic heterocycles. The highest BCUT2D eigenvalue weighted by atomic mass is 19.2. The minimum Gasteiger partial charge on any atom is -0.491 e. The van der Waals surface area contributed by atoms with E-state index in [0.29, 0.717) is 11.5 Å². The van der Waals surface area contributed by atoms with Gasteiger partial charge in [-0.05, 0) is 74.3 Å². The van der Waals surface area contributed by atoms with Gasteiger partial charge in [-0.1, -0.05) is 31.9 Å². The van der Waals surface area contributed by atoms with Crippen LogP contribution in [0.25, 0.3) is 0 Å². The third kappa shape index (κ3) is 5.14. The van der Waals surface area contributed by atoms with E-state index >= 15 is 0 Å². The average Bonchev–Trinajstić information content (AvgIpc) is 2.74. The van der Waals surface area contributed by atoms with Crippen molar-refractivity contribution in [2.45, 2.75) is 58.3 Å². The fourth-order valence-electron chi connectivity index (χ4n) is 4.10. The SMILES string of the molecule is CCC[C@H]1CC[C@H](c2ccc(C(=O)Oc3ccc(OCC)c(F)c3F)cc2)CC1. The van der Waals surface area contributed by atoms with E-state index < -0.39 is 23.4 Å². The quantitative estimate of drug-likeness (QED) is 0.384. The van der Waals surface area contributed by atoms with E-state index in [1.165, 1.54) is 56.2 Å². The van der Waals surface area contributed by atoms with Crippen LogP contribution < -0.4 is 9.47 Å². The summed E-state index contributed by atoms with van der Waals surface area (Å²) in [5.41, 5.74) is 1.52. The predicted molar refractivity (Wildman–Crippen MR) is 109 cm³/mol. The van der Waals surface area contributed by atoms with Gasteiger partial charge in [0.25, 0.3) is 0 Å². The van der Waals surface area contributed by atoms with Gasteiger partial charge in [0.15, 0.2) is 11.5 Å². The maximum absolute atomic E-state index is 14.1. The number of benzene rings is 2. The van der Waals surface area contributed by atoms with Crippen LogP contribution in [0.4, 0.5) is 8.78 Å². The van der Waals surface area contributed by atoms with Crippen molar-refractivity contribution in [3.05, 3.63) is 59.2 Å². The van der Waals surface area contributed by atoms with Crippen molar-refractivity contribution in [2.75, 3.05) is 6.61 Å². The summed E-state index contributed by atoms with van der Waals surface area (Å²) in [6, 6.07) is 9.72. The van der Waals surface area contributed by atoms with Crippen molar-refractivity contribution in [1.29, 1.82) is 0 Å². The second-order valence-electron chi connectivity index (χ2n) is 7.64. The Kier molecular flexibility index (Phi) is 7.24. The standard InChI is InChI=1S/C24H28F2O3/c1-3-5-16-6-8-17(9-7-16)18-10-12-19(13-11-18)24(27)29-21-15-14-20(28-4-2)22(25)23(21)26/h10-17H,3-9H2,1-2H3/t16-,17-. The Labute approximate surface area is 171 Å². The molecule has 1 fully saturated rings. The van der Waals surface area contributed by atoms with Crippen LogP contribution in [0.5, 0.6) is 11.5 Å². The molecule has 0 spiro atoms. The summed E-state index contributed by atoms with van der Waals surface area (Å²) in [6.45, 7) is 4.12. The molecule has 0 radical (unpaired) electrons. The maximum atomic E-state index is 14.1. The molecule has 0 aliphatic heterocycles. The van der Waals surface area contributed by atoms with Gasteiger partial charge in [-0.2, -0.15) is 8.78 Å². The smallest absolute Gasteiger partial charge is 0.343 e. The Bertz CT molecular complexity index is 825. The van der Waals surface area contributed by atoms with Crippen LogP contribution in [-0.2, 0) is 0 Å². The molecule has 2 aromatic rings. The number of rotatable bonds is 7. The van der Waals surface area contributed by atoms with Gasteiger partial charge in [0, 0.05) is 0 Å². The van der Waals surface area contributed by atoms with Gasteiger partial charge in [-0.15, -0.1) is 0 Å². The largest absolute Gasteiger partial charge is 0.491 e. The summed E-state index contributed by atoms with van der Waals surface area (Å²) >= 11 is 0. The number of halogens is 2. The number of carbonyl (C=O) groups excluding carboxylic acids is 1. The lowest BCUT2D eigenvalue weighted by Gasteiger charge is -2.28. The highest BCUT2D eigenvalue weighted by Gasteiger charge is 2.23. The molecule has 5 heteroatoms. The Hall–Kier alpha value is -2.43. The number of ether oxygens (including phenoxy) is 2. The molecule has 0 unspecified atom stereocenters. The molecule has 2 aromatic carbocycles. The van der Waals surface area contributed by atoms with Crippen LogP contribution in [-0.4, -0.2) is 12.6 Å². The van der Waals surface area contributed by atoms with Gasteiger partial charge in [0.05, 0.1) is 12.2 Å². The number of carbonyl (C=O) groups is 1. The van der Waals surface area contributed by atoms with E-state index in [1.54, 1.807) is 19.1 Å². The molecule has 0 heterocycles. The number of hydrogen-bond acceptors (Lipinski definition) is 3. The third-order valence-corrected chi connectivity index (χ3v) is 5.68. The Morgan fingerprint density at radius 3 is 2.17 bits per heavy atom. The van der Waals surface area contributed by atoms with E-state index in [2.05, 4.69) is 6.92 Å². The molecule has 0 bridgehead atoms. The highest BCUT2D eigenvalue weighted by Crippen LogP contribution is 2.37. The monoisotopic (exact) mass is 402 g/mol. The van der Waals surface area contributed by atoms with Crippen molar-refractivity contribution >= 4 is 5.97 Å². The van der Waals surface area contributed by atoms with Crippen molar-refractivity contribution in [2.24, 2.45) is 5.92 Å². The first-order valence-corrected chi connectivity index (χ1v) is 10.5. The molecule has 3 rings (SSSR count). The fraction of sp³-hybridized carbons (Fsp3) is 0.458. The first kappa shape index (κ1) is 21.3. The van der Waals surface area contributed by atoms with E-state index in [4.69, 9.17) is 9.47 Å². The summed E-state index contributed by atoms with van der Waals surface area (Å²) in [5.74, 6) is -2.40. The minimum atomic E-state index is -1.23. The second-order valence-corrected chi connectivity index (χ2v) is 7.64. The normalized spacial score (nSPS) is 19.0.